The Morgan fingerprint density at radius 3 is 2.50 bits per heavy atom. The van der Waals surface area contributed by atoms with Crippen molar-refractivity contribution in [3.8, 4) is 0 Å². The van der Waals surface area contributed by atoms with Gasteiger partial charge in [-0.2, -0.15) is 0 Å². The molecule has 3 rings (SSSR count). The Balaban J connectivity index is 1.83. The second-order valence-corrected chi connectivity index (χ2v) is 8.24. The van der Waals surface area contributed by atoms with Gasteiger partial charge in [0.05, 0.1) is 12.0 Å². The van der Waals surface area contributed by atoms with Crippen LogP contribution < -0.4 is 16.4 Å². The first kappa shape index (κ1) is 22.9. The molecule has 168 valence electrons. The Labute approximate surface area is 187 Å². The molecule has 1 fully saturated rings. The molecule has 3 amide bonds. The molecule has 1 unspecified atom stereocenters. The monoisotopic (exact) mass is 457 g/mol. The van der Waals surface area contributed by atoms with Gasteiger partial charge in [0.15, 0.2) is 0 Å². The highest BCUT2D eigenvalue weighted by Crippen LogP contribution is 2.39. The quantitative estimate of drug-likeness (QED) is 0.209. The first-order chi connectivity index (χ1) is 15.2. The number of amidine groups is 1. The lowest BCUT2D eigenvalue weighted by molar-refractivity contribution is -0.156. The lowest BCUT2D eigenvalue weighted by atomic mass is 9.86. The van der Waals surface area contributed by atoms with E-state index < -0.39 is 35.7 Å². The van der Waals surface area contributed by atoms with Gasteiger partial charge in [-0.3, -0.25) is 24.6 Å². The number of amides is 3. The lowest BCUT2D eigenvalue weighted by Gasteiger charge is -2.44. The van der Waals surface area contributed by atoms with Crippen LogP contribution in [0.1, 0.15) is 33.6 Å². The van der Waals surface area contributed by atoms with Crippen molar-refractivity contribution >= 4 is 40.9 Å². The van der Waals surface area contributed by atoms with Gasteiger partial charge >= 0.3 is 17.8 Å². The van der Waals surface area contributed by atoms with Crippen LogP contribution in [0.25, 0.3) is 0 Å². The summed E-state index contributed by atoms with van der Waals surface area (Å²) >= 11 is 1.29. The Morgan fingerprint density at radius 1 is 1.22 bits per heavy atom. The molecule has 1 aromatic carbocycles. The molecule has 32 heavy (non-hydrogen) atoms. The molecule has 6 N–H and O–H groups in total. The maximum absolute atomic E-state index is 12.7. The molecule has 1 atom stereocenters. The van der Waals surface area contributed by atoms with Crippen molar-refractivity contribution in [3.63, 3.8) is 0 Å². The van der Waals surface area contributed by atoms with Gasteiger partial charge in [0, 0.05) is 35.6 Å². The van der Waals surface area contributed by atoms with Crippen LogP contribution in [0, 0.1) is 5.41 Å². The van der Waals surface area contributed by atoms with Crippen LogP contribution in [0.2, 0.25) is 0 Å². The second-order valence-electron chi connectivity index (χ2n) is 7.29. The number of nitrogens with one attached hydrogen (secondary N) is 3. The smallest absolute Gasteiger partial charge is 0.312 e. The van der Waals surface area contributed by atoms with Crippen LogP contribution in [0.4, 0.5) is 0 Å². The van der Waals surface area contributed by atoms with E-state index in [9.17, 15) is 24.3 Å². The SMILES string of the molecule is N=C(N)c1ccc(C(=O)NCCC(CC(=O)O)(c2cccs2)N2CCNC(=O)C2=O)cc1. The molecule has 1 aliphatic heterocycles. The van der Waals surface area contributed by atoms with Crippen molar-refractivity contribution in [2.24, 2.45) is 5.73 Å². The largest absolute Gasteiger partial charge is 0.481 e. The summed E-state index contributed by atoms with van der Waals surface area (Å²) in [5.41, 5.74) is 4.98. The maximum Gasteiger partial charge on any atom is 0.312 e. The van der Waals surface area contributed by atoms with Crippen molar-refractivity contribution in [1.29, 1.82) is 5.41 Å². The zero-order chi connectivity index (χ0) is 23.3. The van der Waals surface area contributed by atoms with E-state index in [1.807, 2.05) is 0 Å². The number of rotatable bonds is 9. The Hall–Kier alpha value is -3.73. The van der Waals surface area contributed by atoms with Gasteiger partial charge in [0.1, 0.15) is 5.84 Å². The van der Waals surface area contributed by atoms with E-state index in [2.05, 4.69) is 10.6 Å². The zero-order valence-electron chi connectivity index (χ0n) is 17.1. The number of carbonyl (C=O) groups excluding carboxylic acids is 3. The summed E-state index contributed by atoms with van der Waals surface area (Å²) in [5.74, 6) is -3.20. The van der Waals surface area contributed by atoms with E-state index in [4.69, 9.17) is 11.1 Å². The fourth-order valence-electron chi connectivity index (χ4n) is 3.73. The van der Waals surface area contributed by atoms with Crippen molar-refractivity contribution in [2.45, 2.75) is 18.4 Å². The average molecular weight is 458 g/mol. The summed E-state index contributed by atoms with van der Waals surface area (Å²) in [4.78, 5) is 51.0. The van der Waals surface area contributed by atoms with E-state index in [1.54, 1.807) is 29.6 Å². The summed E-state index contributed by atoms with van der Waals surface area (Å²) < 4.78 is 0. The number of nitrogens with two attached hydrogens (primary N) is 1. The highest BCUT2D eigenvalue weighted by atomic mass is 32.1. The molecular formula is C21H23N5O5S. The predicted octanol–water partition coefficient (Wildman–Crippen LogP) is 0.481. The number of carbonyl (C=O) groups is 4. The third kappa shape index (κ3) is 4.78. The van der Waals surface area contributed by atoms with E-state index in [0.29, 0.717) is 16.0 Å². The van der Waals surface area contributed by atoms with Crippen LogP contribution in [-0.2, 0) is 19.9 Å². The summed E-state index contributed by atoms with van der Waals surface area (Å²) in [7, 11) is 0. The van der Waals surface area contributed by atoms with Crippen LogP contribution in [0.5, 0.6) is 0 Å². The molecule has 1 aromatic heterocycles. The molecule has 0 spiro atoms. The summed E-state index contributed by atoms with van der Waals surface area (Å²) in [6.07, 6.45) is -0.300. The Kier molecular flexibility index (Phi) is 6.89. The van der Waals surface area contributed by atoms with E-state index in [1.165, 1.54) is 28.4 Å². The molecule has 10 nitrogen and oxygen atoms in total. The number of thiophene rings is 1. The summed E-state index contributed by atoms with van der Waals surface area (Å²) in [6.45, 7) is 0.451. The molecule has 0 saturated carbocycles. The average Bonchev–Trinajstić information content (AvgIpc) is 3.30. The highest BCUT2D eigenvalue weighted by molar-refractivity contribution is 7.10. The standard InChI is InChI=1S/C21H23N5O5S/c22-17(23)13-3-5-14(6-4-13)18(29)24-8-7-21(12-16(27)28,15-2-1-11-32-15)26-10-9-25-19(30)20(26)31/h1-6,11H,7-10,12H2,(H3,22,23)(H,24,29)(H,25,30)(H,27,28). The topological polar surface area (TPSA) is 166 Å². The fraction of sp³-hybridized carbons (Fsp3) is 0.286. The number of piperazine rings is 1. The number of nitrogens with zero attached hydrogens (tertiary/aromatic N) is 1. The van der Waals surface area contributed by atoms with Crippen LogP contribution in [0.3, 0.4) is 0 Å². The van der Waals surface area contributed by atoms with E-state index >= 15 is 0 Å². The number of carboxylic acids is 1. The minimum atomic E-state index is -1.28. The van der Waals surface area contributed by atoms with Gasteiger partial charge < -0.3 is 26.4 Å². The number of nitrogen functional groups attached to an aromatic ring is 1. The highest BCUT2D eigenvalue weighted by Gasteiger charge is 2.46. The minimum absolute atomic E-state index is 0.0733. The molecule has 2 heterocycles. The number of benzene rings is 1. The number of aliphatic carboxylic acids is 1. The van der Waals surface area contributed by atoms with E-state index in [-0.39, 0.29) is 31.9 Å². The Bertz CT molecular complexity index is 1040. The molecular weight excluding hydrogens is 434 g/mol. The van der Waals surface area contributed by atoms with Crippen molar-refractivity contribution in [2.75, 3.05) is 19.6 Å². The third-order valence-corrected chi connectivity index (χ3v) is 6.35. The fourth-order valence-corrected chi connectivity index (χ4v) is 4.70. The summed E-state index contributed by atoms with van der Waals surface area (Å²) in [6, 6.07) is 9.67. The third-order valence-electron chi connectivity index (χ3n) is 5.28. The van der Waals surface area contributed by atoms with Gasteiger partial charge in [-0.15, -0.1) is 11.3 Å². The summed E-state index contributed by atoms with van der Waals surface area (Å²) in [5, 5.41) is 24.1. The van der Waals surface area contributed by atoms with Gasteiger partial charge in [-0.05, 0) is 30.0 Å². The number of hydrogen-bond donors (Lipinski definition) is 5. The molecule has 0 bridgehead atoms. The van der Waals surface area contributed by atoms with Crippen molar-refractivity contribution in [3.05, 3.63) is 57.8 Å². The van der Waals surface area contributed by atoms with Gasteiger partial charge in [-0.25, -0.2) is 0 Å². The molecule has 11 heteroatoms. The van der Waals surface area contributed by atoms with Crippen LogP contribution in [0.15, 0.2) is 41.8 Å². The van der Waals surface area contributed by atoms with Crippen LogP contribution >= 0.6 is 11.3 Å². The van der Waals surface area contributed by atoms with Crippen molar-refractivity contribution < 1.29 is 24.3 Å². The molecule has 0 radical (unpaired) electrons. The van der Waals surface area contributed by atoms with E-state index in [0.717, 1.165) is 0 Å². The minimum Gasteiger partial charge on any atom is -0.481 e. The molecule has 1 saturated heterocycles. The first-order valence-corrected chi connectivity index (χ1v) is 10.7. The molecule has 0 aliphatic carbocycles. The van der Waals surface area contributed by atoms with Gasteiger partial charge in [0.2, 0.25) is 0 Å². The first-order valence-electron chi connectivity index (χ1n) is 9.83. The van der Waals surface area contributed by atoms with Gasteiger partial charge in [-0.1, -0.05) is 18.2 Å². The number of carboxylic acid groups (broad SMARTS) is 1. The van der Waals surface area contributed by atoms with Gasteiger partial charge in [0.25, 0.3) is 5.91 Å². The normalized spacial score (nSPS) is 15.6. The zero-order valence-corrected chi connectivity index (χ0v) is 17.9. The molecule has 2 aromatic rings. The molecule has 1 aliphatic rings. The van der Waals surface area contributed by atoms with Crippen LogP contribution in [-0.4, -0.2) is 59.2 Å². The lowest BCUT2D eigenvalue weighted by Crippen LogP contribution is -2.61. The second kappa shape index (κ2) is 9.60. The van der Waals surface area contributed by atoms with Crippen molar-refractivity contribution in [1.82, 2.24) is 15.5 Å². The maximum atomic E-state index is 12.7. The number of hydrogen-bond acceptors (Lipinski definition) is 6. The Morgan fingerprint density at radius 2 is 1.91 bits per heavy atom. The predicted molar refractivity (Wildman–Crippen MR) is 117 cm³/mol.